The molecule has 2 aromatic carbocycles. The van der Waals surface area contributed by atoms with Crippen LogP contribution < -0.4 is 5.32 Å². The number of amides is 1. The molecule has 4 rings (SSSR count). The number of nitrogens with zero attached hydrogens (tertiary/aromatic N) is 1. The second kappa shape index (κ2) is 7.62. The lowest BCUT2D eigenvalue weighted by Gasteiger charge is -2.26. The van der Waals surface area contributed by atoms with E-state index in [4.69, 9.17) is 4.74 Å². The fourth-order valence-electron chi connectivity index (χ4n) is 3.71. The number of aryl methyl sites for hydroxylation is 1. The summed E-state index contributed by atoms with van der Waals surface area (Å²) in [7, 11) is -3.67. The SMILES string of the molecule is O=C(NC1CCc2cc(F)ccc21)c1cccc(S(=O)(=O)N2CCOCC2)c1. The van der Waals surface area contributed by atoms with Gasteiger partial charge in [-0.05, 0) is 54.3 Å². The molecule has 6 nitrogen and oxygen atoms in total. The number of ether oxygens (including phenoxy) is 1. The molecule has 2 aromatic rings. The number of carbonyl (C=O) groups excluding carboxylic acids is 1. The number of nitrogens with one attached hydrogen (secondary N) is 1. The number of sulfonamides is 1. The van der Waals surface area contributed by atoms with Gasteiger partial charge in [0.05, 0.1) is 24.2 Å². The molecule has 148 valence electrons. The zero-order valence-corrected chi connectivity index (χ0v) is 16.0. The monoisotopic (exact) mass is 404 g/mol. The van der Waals surface area contributed by atoms with Crippen molar-refractivity contribution in [2.45, 2.75) is 23.8 Å². The summed E-state index contributed by atoms with van der Waals surface area (Å²) >= 11 is 0. The van der Waals surface area contributed by atoms with Crippen LogP contribution in [0.5, 0.6) is 0 Å². The summed E-state index contributed by atoms with van der Waals surface area (Å²) in [5.74, 6) is -0.632. The molecule has 1 heterocycles. The molecule has 0 saturated carbocycles. The summed E-state index contributed by atoms with van der Waals surface area (Å²) in [6.07, 6.45) is 1.39. The number of fused-ring (bicyclic) bond motifs is 1. The number of benzene rings is 2. The third-order valence-electron chi connectivity index (χ3n) is 5.19. The lowest BCUT2D eigenvalue weighted by atomic mass is 10.1. The second-order valence-corrected chi connectivity index (χ2v) is 8.89. The van der Waals surface area contributed by atoms with Crippen LogP contribution in [0.15, 0.2) is 47.4 Å². The van der Waals surface area contributed by atoms with Gasteiger partial charge < -0.3 is 10.1 Å². The number of morpholine rings is 1. The third-order valence-corrected chi connectivity index (χ3v) is 7.09. The first-order valence-corrected chi connectivity index (χ1v) is 10.7. The van der Waals surface area contributed by atoms with Gasteiger partial charge in [0.15, 0.2) is 0 Å². The zero-order valence-electron chi connectivity index (χ0n) is 15.2. The maximum absolute atomic E-state index is 13.4. The van der Waals surface area contributed by atoms with E-state index in [0.29, 0.717) is 39.1 Å². The Morgan fingerprint density at radius 2 is 1.93 bits per heavy atom. The minimum absolute atomic E-state index is 0.0935. The molecule has 1 aliphatic heterocycles. The van der Waals surface area contributed by atoms with Gasteiger partial charge in [-0.2, -0.15) is 4.31 Å². The smallest absolute Gasteiger partial charge is 0.251 e. The molecule has 1 N–H and O–H groups in total. The highest BCUT2D eigenvalue weighted by molar-refractivity contribution is 7.89. The van der Waals surface area contributed by atoms with Gasteiger partial charge in [0.1, 0.15) is 5.82 Å². The summed E-state index contributed by atoms with van der Waals surface area (Å²) in [5, 5.41) is 2.94. The van der Waals surface area contributed by atoms with E-state index in [1.807, 2.05) is 0 Å². The average Bonchev–Trinajstić information content (AvgIpc) is 3.10. The Hall–Kier alpha value is -2.29. The summed E-state index contributed by atoms with van der Waals surface area (Å²) in [5.41, 5.74) is 2.09. The minimum Gasteiger partial charge on any atom is -0.379 e. The number of rotatable bonds is 4. The fraction of sp³-hybridized carbons (Fsp3) is 0.350. The van der Waals surface area contributed by atoms with Gasteiger partial charge in [-0.25, -0.2) is 12.8 Å². The second-order valence-electron chi connectivity index (χ2n) is 6.95. The normalized spacial score (nSPS) is 20.0. The van der Waals surface area contributed by atoms with Crippen molar-refractivity contribution in [1.29, 1.82) is 0 Å². The lowest BCUT2D eigenvalue weighted by molar-refractivity contribution is 0.0730. The summed E-state index contributed by atoms with van der Waals surface area (Å²) in [6.45, 7) is 1.32. The molecule has 2 aliphatic rings. The first kappa shape index (κ1) is 19.0. The summed E-state index contributed by atoms with van der Waals surface area (Å²) in [4.78, 5) is 12.8. The van der Waals surface area contributed by atoms with Crippen LogP contribution in [0.1, 0.15) is 33.9 Å². The highest BCUT2D eigenvalue weighted by Crippen LogP contribution is 2.31. The first-order chi connectivity index (χ1) is 13.4. The van der Waals surface area contributed by atoms with E-state index in [-0.39, 0.29) is 28.2 Å². The van der Waals surface area contributed by atoms with Crippen LogP contribution in [0.25, 0.3) is 0 Å². The fourth-order valence-corrected chi connectivity index (χ4v) is 5.17. The van der Waals surface area contributed by atoms with Gasteiger partial charge in [0.2, 0.25) is 10.0 Å². The Balaban J connectivity index is 1.53. The van der Waals surface area contributed by atoms with Crippen LogP contribution in [-0.2, 0) is 21.2 Å². The minimum atomic E-state index is -3.67. The van der Waals surface area contributed by atoms with Crippen molar-refractivity contribution in [2.75, 3.05) is 26.3 Å². The van der Waals surface area contributed by atoms with Crippen molar-refractivity contribution >= 4 is 15.9 Å². The van der Waals surface area contributed by atoms with Gasteiger partial charge in [-0.15, -0.1) is 0 Å². The average molecular weight is 404 g/mol. The topological polar surface area (TPSA) is 75.7 Å². The van der Waals surface area contributed by atoms with Gasteiger partial charge in [0, 0.05) is 18.7 Å². The van der Waals surface area contributed by atoms with Gasteiger partial charge in [0.25, 0.3) is 5.91 Å². The Morgan fingerprint density at radius 3 is 2.71 bits per heavy atom. The highest BCUT2D eigenvalue weighted by atomic mass is 32.2. The van der Waals surface area contributed by atoms with Crippen molar-refractivity contribution in [3.05, 3.63) is 65.0 Å². The number of hydrogen-bond acceptors (Lipinski definition) is 4. The van der Waals surface area contributed by atoms with Crippen LogP contribution in [0.4, 0.5) is 4.39 Å². The predicted octanol–water partition coefficient (Wildman–Crippen LogP) is 2.26. The molecule has 1 atom stereocenters. The van der Waals surface area contributed by atoms with Crippen molar-refractivity contribution in [3.63, 3.8) is 0 Å². The van der Waals surface area contributed by atoms with E-state index in [2.05, 4.69) is 5.32 Å². The van der Waals surface area contributed by atoms with Gasteiger partial charge in [-0.3, -0.25) is 4.79 Å². The molecule has 28 heavy (non-hydrogen) atoms. The first-order valence-electron chi connectivity index (χ1n) is 9.22. The van der Waals surface area contributed by atoms with E-state index in [9.17, 15) is 17.6 Å². The Morgan fingerprint density at radius 1 is 1.14 bits per heavy atom. The van der Waals surface area contributed by atoms with Crippen LogP contribution in [0.2, 0.25) is 0 Å². The van der Waals surface area contributed by atoms with E-state index < -0.39 is 10.0 Å². The van der Waals surface area contributed by atoms with Crippen molar-refractivity contribution in [2.24, 2.45) is 0 Å². The van der Waals surface area contributed by atoms with Crippen LogP contribution in [0, 0.1) is 5.82 Å². The molecule has 0 radical (unpaired) electrons. The van der Waals surface area contributed by atoms with Crippen LogP contribution >= 0.6 is 0 Å². The molecule has 1 aliphatic carbocycles. The molecule has 1 amide bonds. The standard InChI is InChI=1S/C20H21FN2O4S/c21-16-5-6-18-14(12-16)4-7-19(18)22-20(24)15-2-1-3-17(13-15)28(25,26)23-8-10-27-11-9-23/h1-3,5-6,12-13,19H,4,7-11H2,(H,22,24). The molecule has 0 bridgehead atoms. The zero-order chi connectivity index (χ0) is 19.7. The Labute approximate surface area is 163 Å². The molecule has 1 saturated heterocycles. The van der Waals surface area contributed by atoms with E-state index in [1.165, 1.54) is 28.6 Å². The molecular formula is C20H21FN2O4S. The maximum atomic E-state index is 13.4. The van der Waals surface area contributed by atoms with Gasteiger partial charge in [-0.1, -0.05) is 12.1 Å². The lowest BCUT2D eigenvalue weighted by Crippen LogP contribution is -2.40. The molecule has 8 heteroatoms. The van der Waals surface area contributed by atoms with Crippen molar-refractivity contribution in [3.8, 4) is 0 Å². The van der Waals surface area contributed by atoms with Gasteiger partial charge >= 0.3 is 0 Å². The van der Waals surface area contributed by atoms with Crippen LogP contribution in [-0.4, -0.2) is 44.9 Å². The number of hydrogen-bond donors (Lipinski definition) is 1. The van der Waals surface area contributed by atoms with Crippen molar-refractivity contribution < 1.29 is 22.3 Å². The largest absolute Gasteiger partial charge is 0.379 e. The molecule has 0 spiro atoms. The molecule has 0 aromatic heterocycles. The Bertz CT molecular complexity index is 1000. The molecular weight excluding hydrogens is 383 g/mol. The third kappa shape index (κ3) is 3.67. The van der Waals surface area contributed by atoms with Crippen LogP contribution in [0.3, 0.4) is 0 Å². The highest BCUT2D eigenvalue weighted by Gasteiger charge is 2.28. The van der Waals surface area contributed by atoms with Crippen molar-refractivity contribution in [1.82, 2.24) is 9.62 Å². The molecule has 1 unspecified atom stereocenters. The molecule has 1 fully saturated rings. The summed E-state index contributed by atoms with van der Waals surface area (Å²) < 4.78 is 45.6. The summed E-state index contributed by atoms with van der Waals surface area (Å²) in [6, 6.07) is 10.4. The predicted molar refractivity (Wildman–Crippen MR) is 101 cm³/mol. The van der Waals surface area contributed by atoms with E-state index in [1.54, 1.807) is 18.2 Å². The van der Waals surface area contributed by atoms with E-state index in [0.717, 1.165) is 11.1 Å². The Kier molecular flexibility index (Phi) is 5.18. The quantitative estimate of drug-likeness (QED) is 0.848. The number of halogens is 1. The number of carbonyl (C=O) groups is 1. The maximum Gasteiger partial charge on any atom is 0.251 e. The van der Waals surface area contributed by atoms with E-state index >= 15 is 0 Å².